The maximum Gasteiger partial charge on any atom is 0.139 e. The summed E-state index contributed by atoms with van der Waals surface area (Å²) in [5.74, 6) is 2.49. The molecule has 1 N–H and O–H groups in total. The van der Waals surface area contributed by atoms with Crippen molar-refractivity contribution in [1.82, 2.24) is 9.55 Å². The van der Waals surface area contributed by atoms with Gasteiger partial charge in [0.15, 0.2) is 0 Å². The Bertz CT molecular complexity index is 1080. The van der Waals surface area contributed by atoms with Crippen molar-refractivity contribution in [3.05, 3.63) is 66.9 Å². The predicted molar refractivity (Wildman–Crippen MR) is 109 cm³/mol. The fourth-order valence-electron chi connectivity index (χ4n) is 3.29. The molecule has 0 aliphatic rings. The van der Waals surface area contributed by atoms with Crippen LogP contribution in [0.1, 0.15) is 0 Å². The molecule has 2 aromatic carbocycles. The number of aromatic nitrogens is 2. The smallest absolute Gasteiger partial charge is 0.139 e. The molecule has 4 rings (SSSR count). The van der Waals surface area contributed by atoms with Gasteiger partial charge in [0.2, 0.25) is 0 Å². The number of fused-ring (bicyclic) bond motifs is 1. The molecule has 0 saturated heterocycles. The predicted octanol–water partition coefficient (Wildman–Crippen LogP) is 5.00. The molecular weight excluding hydrogens is 338 g/mol. The van der Waals surface area contributed by atoms with Crippen LogP contribution in [0.4, 0.5) is 11.5 Å². The van der Waals surface area contributed by atoms with Crippen molar-refractivity contribution in [3.8, 4) is 22.8 Å². The first-order valence-corrected chi connectivity index (χ1v) is 8.70. The van der Waals surface area contributed by atoms with Gasteiger partial charge >= 0.3 is 0 Å². The van der Waals surface area contributed by atoms with Gasteiger partial charge in [0.25, 0.3) is 0 Å². The van der Waals surface area contributed by atoms with Crippen LogP contribution >= 0.6 is 0 Å². The van der Waals surface area contributed by atoms with Crippen molar-refractivity contribution in [3.63, 3.8) is 0 Å². The normalized spacial score (nSPS) is 10.8. The first kappa shape index (κ1) is 17.0. The molecule has 136 valence electrons. The van der Waals surface area contributed by atoms with Crippen LogP contribution in [0.25, 0.3) is 22.2 Å². The van der Waals surface area contributed by atoms with E-state index in [1.807, 2.05) is 54.7 Å². The second-order valence-electron chi connectivity index (χ2n) is 6.23. The minimum Gasteiger partial charge on any atom is -0.497 e. The van der Waals surface area contributed by atoms with Gasteiger partial charge in [-0.2, -0.15) is 0 Å². The van der Waals surface area contributed by atoms with Gasteiger partial charge in [-0.1, -0.05) is 12.1 Å². The van der Waals surface area contributed by atoms with E-state index >= 15 is 0 Å². The quantitative estimate of drug-likeness (QED) is 0.545. The van der Waals surface area contributed by atoms with E-state index in [0.29, 0.717) is 0 Å². The number of aryl methyl sites for hydroxylation is 1. The molecule has 0 bridgehead atoms. The summed E-state index contributed by atoms with van der Waals surface area (Å²) in [4.78, 5) is 4.55. The summed E-state index contributed by atoms with van der Waals surface area (Å²) in [5, 5.41) is 4.46. The molecule has 0 aliphatic carbocycles. The number of anilines is 2. The number of ether oxygens (including phenoxy) is 2. The minimum atomic E-state index is 0.814. The molecule has 0 atom stereocenters. The number of rotatable bonds is 5. The maximum absolute atomic E-state index is 5.54. The molecule has 27 heavy (non-hydrogen) atoms. The summed E-state index contributed by atoms with van der Waals surface area (Å²) in [7, 11) is 5.41. The fraction of sp³-hybridized carbons (Fsp3) is 0.136. The van der Waals surface area contributed by atoms with Gasteiger partial charge in [-0.25, -0.2) is 4.98 Å². The van der Waals surface area contributed by atoms with Crippen molar-refractivity contribution in [2.45, 2.75) is 0 Å². The van der Waals surface area contributed by atoms with Crippen LogP contribution in [-0.4, -0.2) is 23.8 Å². The molecule has 0 amide bonds. The number of hydrogen-bond donors (Lipinski definition) is 1. The third-order valence-electron chi connectivity index (χ3n) is 4.71. The lowest BCUT2D eigenvalue weighted by molar-refractivity contribution is 0.415. The summed E-state index contributed by atoms with van der Waals surface area (Å²) in [6.07, 6.45) is 1.82. The average Bonchev–Trinajstić information content (AvgIpc) is 3.06. The lowest BCUT2D eigenvalue weighted by Gasteiger charge is -2.09. The Hall–Kier alpha value is -3.47. The van der Waals surface area contributed by atoms with E-state index < -0.39 is 0 Å². The zero-order chi connectivity index (χ0) is 18.8. The monoisotopic (exact) mass is 359 g/mol. The third-order valence-corrected chi connectivity index (χ3v) is 4.71. The Labute approximate surface area is 158 Å². The number of pyridine rings is 1. The number of hydrogen-bond acceptors (Lipinski definition) is 4. The van der Waals surface area contributed by atoms with E-state index in [2.05, 4.69) is 34.0 Å². The van der Waals surface area contributed by atoms with E-state index in [1.54, 1.807) is 14.2 Å². The van der Waals surface area contributed by atoms with Gasteiger partial charge in [0.05, 0.1) is 25.4 Å². The van der Waals surface area contributed by atoms with Crippen LogP contribution in [0.5, 0.6) is 11.5 Å². The number of methoxy groups -OCH3 is 2. The molecule has 0 saturated carbocycles. The first-order valence-electron chi connectivity index (χ1n) is 8.70. The van der Waals surface area contributed by atoms with Crippen LogP contribution in [0, 0.1) is 0 Å². The van der Waals surface area contributed by atoms with Gasteiger partial charge < -0.3 is 19.4 Å². The molecule has 2 heterocycles. The van der Waals surface area contributed by atoms with E-state index in [-0.39, 0.29) is 0 Å². The number of nitrogens with one attached hydrogen (secondary N) is 1. The van der Waals surface area contributed by atoms with E-state index in [0.717, 1.165) is 45.2 Å². The zero-order valence-corrected chi connectivity index (χ0v) is 15.6. The Balaban J connectivity index is 1.79. The Morgan fingerprint density at radius 3 is 2.44 bits per heavy atom. The van der Waals surface area contributed by atoms with Crippen LogP contribution in [0.15, 0.2) is 66.9 Å². The highest BCUT2D eigenvalue weighted by Crippen LogP contribution is 2.36. The molecule has 2 aromatic heterocycles. The minimum absolute atomic E-state index is 0.814. The first-order chi connectivity index (χ1) is 13.2. The van der Waals surface area contributed by atoms with E-state index in [9.17, 15) is 0 Å². The average molecular weight is 359 g/mol. The molecular formula is C22H21N3O2. The van der Waals surface area contributed by atoms with Gasteiger partial charge in [-0.05, 0) is 48.5 Å². The number of para-hydroxylation sites is 1. The Morgan fingerprint density at radius 2 is 1.70 bits per heavy atom. The van der Waals surface area contributed by atoms with Gasteiger partial charge in [-0.15, -0.1) is 0 Å². The van der Waals surface area contributed by atoms with Crippen molar-refractivity contribution >= 4 is 22.4 Å². The maximum atomic E-state index is 5.54. The summed E-state index contributed by atoms with van der Waals surface area (Å²) >= 11 is 0. The zero-order valence-electron chi connectivity index (χ0n) is 15.6. The van der Waals surface area contributed by atoms with Crippen molar-refractivity contribution in [2.24, 2.45) is 7.05 Å². The summed E-state index contributed by atoms with van der Waals surface area (Å²) < 4.78 is 12.9. The summed E-state index contributed by atoms with van der Waals surface area (Å²) in [6, 6.07) is 20.0. The largest absolute Gasteiger partial charge is 0.497 e. The number of nitrogens with zero attached hydrogens (tertiary/aromatic N) is 2. The second-order valence-corrected chi connectivity index (χ2v) is 6.23. The fourth-order valence-corrected chi connectivity index (χ4v) is 3.29. The molecule has 0 aliphatic heterocycles. The van der Waals surface area contributed by atoms with Crippen LogP contribution in [-0.2, 0) is 7.05 Å². The third kappa shape index (κ3) is 3.08. The van der Waals surface area contributed by atoms with Crippen molar-refractivity contribution in [1.29, 1.82) is 0 Å². The van der Waals surface area contributed by atoms with Crippen LogP contribution < -0.4 is 14.8 Å². The van der Waals surface area contributed by atoms with Gasteiger partial charge in [0.1, 0.15) is 17.3 Å². The van der Waals surface area contributed by atoms with E-state index in [1.165, 1.54) is 0 Å². The van der Waals surface area contributed by atoms with Crippen LogP contribution in [0.2, 0.25) is 0 Å². The highest BCUT2D eigenvalue weighted by molar-refractivity contribution is 5.96. The molecule has 5 nitrogen and oxygen atoms in total. The molecule has 0 spiro atoms. The molecule has 0 unspecified atom stereocenters. The highest BCUT2D eigenvalue weighted by atomic mass is 16.5. The van der Waals surface area contributed by atoms with Gasteiger partial charge in [-0.3, -0.25) is 0 Å². The lowest BCUT2D eigenvalue weighted by Crippen LogP contribution is -1.95. The molecule has 0 fully saturated rings. The van der Waals surface area contributed by atoms with Crippen molar-refractivity contribution < 1.29 is 9.47 Å². The number of benzene rings is 2. The van der Waals surface area contributed by atoms with Crippen molar-refractivity contribution in [2.75, 3.05) is 19.5 Å². The topological polar surface area (TPSA) is 48.3 Å². The Kier molecular flexibility index (Phi) is 4.42. The lowest BCUT2D eigenvalue weighted by atomic mass is 10.1. The van der Waals surface area contributed by atoms with Gasteiger partial charge in [0, 0.05) is 29.9 Å². The SMILES string of the molecule is COc1ccc(Nc2nccc3c2cc(-c2ccccc2OC)n3C)cc1. The molecule has 5 heteroatoms. The van der Waals surface area contributed by atoms with E-state index in [4.69, 9.17) is 9.47 Å². The second kappa shape index (κ2) is 7.03. The molecule has 4 aromatic rings. The summed E-state index contributed by atoms with van der Waals surface area (Å²) in [6.45, 7) is 0. The summed E-state index contributed by atoms with van der Waals surface area (Å²) in [5.41, 5.74) is 4.18. The molecule has 0 radical (unpaired) electrons. The Morgan fingerprint density at radius 1 is 0.926 bits per heavy atom. The highest BCUT2D eigenvalue weighted by Gasteiger charge is 2.14. The standard InChI is InChI=1S/C22H21N3O2/c1-25-19-12-13-23-22(24-15-8-10-16(26-2)11-9-15)18(19)14-20(25)17-6-4-5-7-21(17)27-3/h4-14H,1-3H3,(H,23,24). The van der Waals surface area contributed by atoms with Crippen LogP contribution in [0.3, 0.4) is 0 Å².